The second-order valence-corrected chi connectivity index (χ2v) is 9.16. The number of ketones is 1. The fourth-order valence-electron chi connectivity index (χ4n) is 5.24. The number of carbonyl (C=O) groups excluding carboxylic acids is 3. The first-order chi connectivity index (χ1) is 16.3. The molecular formula is C27H21NO6. The molecule has 3 aromatic rings. The molecule has 0 fully saturated rings. The Morgan fingerprint density at radius 2 is 1.71 bits per heavy atom. The Hall–Kier alpha value is -3.97. The summed E-state index contributed by atoms with van der Waals surface area (Å²) in [6.07, 6.45) is 0. The van der Waals surface area contributed by atoms with Crippen LogP contribution in [0.4, 0.5) is 0 Å². The van der Waals surface area contributed by atoms with E-state index in [2.05, 4.69) is 5.32 Å². The molecule has 1 amide bonds. The molecule has 0 aromatic heterocycles. The van der Waals surface area contributed by atoms with Gasteiger partial charge in [0.1, 0.15) is 11.5 Å². The van der Waals surface area contributed by atoms with Crippen LogP contribution in [0, 0.1) is 0 Å². The molecule has 3 aliphatic rings. The predicted octanol–water partition coefficient (Wildman–Crippen LogP) is 3.26. The molecule has 34 heavy (non-hydrogen) atoms. The summed E-state index contributed by atoms with van der Waals surface area (Å²) in [6.45, 7) is 4.04. The number of hydrogen-bond donors (Lipinski definition) is 2. The number of ether oxygens (including phenoxy) is 2. The van der Waals surface area contributed by atoms with E-state index in [0.717, 1.165) is 5.56 Å². The molecule has 3 unspecified atom stereocenters. The second-order valence-electron chi connectivity index (χ2n) is 9.16. The van der Waals surface area contributed by atoms with Gasteiger partial charge in [-0.2, -0.15) is 0 Å². The van der Waals surface area contributed by atoms with Crippen molar-refractivity contribution in [3.8, 4) is 11.5 Å². The number of fused-ring (bicyclic) bond motifs is 6. The van der Waals surface area contributed by atoms with Crippen molar-refractivity contribution in [3.63, 3.8) is 0 Å². The lowest BCUT2D eigenvalue weighted by Gasteiger charge is -2.35. The maximum absolute atomic E-state index is 13.9. The fourth-order valence-corrected chi connectivity index (χ4v) is 5.24. The van der Waals surface area contributed by atoms with Crippen molar-refractivity contribution in [1.29, 1.82) is 0 Å². The summed E-state index contributed by atoms with van der Waals surface area (Å²) in [7, 11) is 0. The molecule has 0 spiro atoms. The van der Waals surface area contributed by atoms with E-state index >= 15 is 0 Å². The van der Waals surface area contributed by atoms with Crippen LogP contribution in [0.5, 0.6) is 11.5 Å². The Kier molecular flexibility index (Phi) is 4.11. The van der Waals surface area contributed by atoms with Crippen molar-refractivity contribution >= 4 is 17.7 Å². The van der Waals surface area contributed by atoms with E-state index in [9.17, 15) is 19.5 Å². The van der Waals surface area contributed by atoms with Crippen LogP contribution in [-0.4, -0.2) is 22.8 Å². The zero-order chi connectivity index (χ0) is 23.8. The molecule has 7 heteroatoms. The summed E-state index contributed by atoms with van der Waals surface area (Å²) in [6, 6.07) is 18.5. The Labute approximate surface area is 195 Å². The minimum Gasteiger partial charge on any atom is -0.454 e. The first-order valence-electron chi connectivity index (χ1n) is 11.1. The molecule has 170 valence electrons. The van der Waals surface area contributed by atoms with Gasteiger partial charge in [0.2, 0.25) is 17.2 Å². The van der Waals surface area contributed by atoms with Crippen molar-refractivity contribution in [2.24, 2.45) is 0 Å². The lowest BCUT2D eigenvalue weighted by Crippen LogP contribution is -2.61. The molecule has 6 rings (SSSR count). The lowest BCUT2D eigenvalue weighted by atomic mass is 9.81. The van der Waals surface area contributed by atoms with Gasteiger partial charge in [-0.3, -0.25) is 14.4 Å². The van der Waals surface area contributed by atoms with E-state index in [4.69, 9.17) is 9.47 Å². The maximum atomic E-state index is 13.9. The highest BCUT2D eigenvalue weighted by atomic mass is 16.6. The number of amides is 1. The monoisotopic (exact) mass is 455 g/mol. The number of aliphatic hydroxyl groups is 1. The third-order valence-corrected chi connectivity index (χ3v) is 6.97. The molecule has 7 nitrogen and oxygen atoms in total. The smallest absolute Gasteiger partial charge is 0.328 e. The van der Waals surface area contributed by atoms with Crippen molar-refractivity contribution in [2.75, 3.05) is 0 Å². The Bertz CT molecular complexity index is 1410. The van der Waals surface area contributed by atoms with Gasteiger partial charge in [-0.25, -0.2) is 0 Å². The summed E-state index contributed by atoms with van der Waals surface area (Å²) < 4.78 is 11.3. The molecule has 2 aliphatic heterocycles. The molecule has 1 aliphatic carbocycles. The molecule has 0 bridgehead atoms. The summed E-state index contributed by atoms with van der Waals surface area (Å²) in [4.78, 5) is 40.1. The van der Waals surface area contributed by atoms with Gasteiger partial charge in [0.15, 0.2) is 5.92 Å². The van der Waals surface area contributed by atoms with Crippen molar-refractivity contribution in [2.45, 2.75) is 37.0 Å². The Morgan fingerprint density at radius 3 is 2.50 bits per heavy atom. The van der Waals surface area contributed by atoms with E-state index in [0.29, 0.717) is 22.6 Å². The third-order valence-electron chi connectivity index (χ3n) is 6.97. The zero-order valence-electron chi connectivity index (χ0n) is 18.5. The van der Waals surface area contributed by atoms with Crippen LogP contribution in [0.1, 0.15) is 58.3 Å². The largest absolute Gasteiger partial charge is 0.454 e. The van der Waals surface area contributed by atoms with Crippen molar-refractivity contribution in [1.82, 2.24) is 5.32 Å². The average Bonchev–Trinajstić information content (AvgIpc) is 3.35. The number of hydrogen-bond acceptors (Lipinski definition) is 6. The Balaban J connectivity index is 1.52. The first kappa shape index (κ1) is 20.6. The van der Waals surface area contributed by atoms with E-state index < -0.39 is 34.9 Å². The van der Waals surface area contributed by atoms with Crippen LogP contribution < -0.4 is 14.8 Å². The molecule has 3 atom stereocenters. The van der Waals surface area contributed by atoms with Gasteiger partial charge < -0.3 is 19.9 Å². The number of nitrogens with one attached hydrogen (secondary N) is 1. The third kappa shape index (κ3) is 2.42. The van der Waals surface area contributed by atoms with Gasteiger partial charge in [-0.15, -0.1) is 0 Å². The topological polar surface area (TPSA) is 102 Å². The summed E-state index contributed by atoms with van der Waals surface area (Å²) >= 11 is 0. The molecule has 2 N–H and O–H groups in total. The number of Topliss-reactive ketones (excluding diaryl/α,β-unsaturated/α-hetero) is 1. The molecule has 2 heterocycles. The highest BCUT2D eigenvalue weighted by Gasteiger charge is 2.72. The standard InChI is InChI=1S/C27H21NO6/c1-14(2)15-11-12-19-21(13-15)34-27(32)18-9-5-3-7-16(18)23(29)26(19,27)28-24(30)22-17-8-4-6-10-20(17)33-25(22)31/h3-14,22,32H,1-2H3,(H,28,30). The van der Waals surface area contributed by atoms with E-state index in [1.54, 1.807) is 60.7 Å². The van der Waals surface area contributed by atoms with Crippen LogP contribution in [0.15, 0.2) is 66.7 Å². The number of esters is 1. The second kappa shape index (κ2) is 6.77. The average molecular weight is 455 g/mol. The van der Waals surface area contributed by atoms with Gasteiger partial charge in [0, 0.05) is 22.3 Å². The number of carbonyl (C=O) groups is 3. The normalized spacial score (nSPS) is 25.8. The predicted molar refractivity (Wildman–Crippen MR) is 120 cm³/mol. The molecule has 0 saturated heterocycles. The van der Waals surface area contributed by atoms with Gasteiger partial charge in [0.25, 0.3) is 5.79 Å². The highest BCUT2D eigenvalue weighted by Crippen LogP contribution is 2.58. The number of para-hydroxylation sites is 1. The van der Waals surface area contributed by atoms with Crippen LogP contribution in [0.3, 0.4) is 0 Å². The SMILES string of the molecule is CC(C)c1ccc2c(c1)OC1(O)c3ccccc3C(=O)C21NC(=O)C1C(=O)Oc2ccccc21. The van der Waals surface area contributed by atoms with E-state index in [1.165, 1.54) is 0 Å². The Morgan fingerprint density at radius 1 is 0.971 bits per heavy atom. The lowest BCUT2D eigenvalue weighted by molar-refractivity contribution is -0.176. The van der Waals surface area contributed by atoms with E-state index in [-0.39, 0.29) is 17.0 Å². The summed E-state index contributed by atoms with van der Waals surface area (Å²) in [5.41, 5.74) is 0.264. The molecular weight excluding hydrogens is 434 g/mol. The van der Waals surface area contributed by atoms with Gasteiger partial charge in [-0.1, -0.05) is 68.4 Å². The molecule has 3 aromatic carbocycles. The number of rotatable bonds is 3. The van der Waals surface area contributed by atoms with Crippen LogP contribution in [0.25, 0.3) is 0 Å². The van der Waals surface area contributed by atoms with Gasteiger partial charge in [-0.05, 0) is 23.6 Å². The number of benzene rings is 3. The van der Waals surface area contributed by atoms with E-state index in [1.807, 2.05) is 19.9 Å². The van der Waals surface area contributed by atoms with Crippen molar-refractivity contribution in [3.05, 3.63) is 94.5 Å². The van der Waals surface area contributed by atoms with Crippen molar-refractivity contribution < 1.29 is 29.0 Å². The summed E-state index contributed by atoms with van der Waals surface area (Å²) in [5, 5.41) is 14.7. The minimum absolute atomic E-state index is 0.183. The quantitative estimate of drug-likeness (QED) is 0.357. The van der Waals surface area contributed by atoms with Crippen LogP contribution in [0.2, 0.25) is 0 Å². The van der Waals surface area contributed by atoms with Crippen LogP contribution >= 0.6 is 0 Å². The maximum Gasteiger partial charge on any atom is 0.328 e. The zero-order valence-corrected chi connectivity index (χ0v) is 18.5. The van der Waals surface area contributed by atoms with Gasteiger partial charge >= 0.3 is 5.97 Å². The highest BCUT2D eigenvalue weighted by molar-refractivity contribution is 6.14. The van der Waals surface area contributed by atoms with Crippen LogP contribution in [-0.2, 0) is 20.9 Å². The minimum atomic E-state index is -2.17. The van der Waals surface area contributed by atoms with Gasteiger partial charge in [0.05, 0.1) is 0 Å². The molecule has 0 radical (unpaired) electrons. The fraction of sp³-hybridized carbons (Fsp3) is 0.222. The summed E-state index contributed by atoms with van der Waals surface area (Å²) in [5.74, 6) is -4.65. The first-order valence-corrected chi connectivity index (χ1v) is 11.1. The molecule has 0 saturated carbocycles.